The number of nitrogens with one attached hydrogen (secondary N) is 2. The van der Waals surface area contributed by atoms with Crippen LogP contribution in [0, 0.1) is 0 Å². The molecular weight excluding hydrogens is 618 g/mol. The molecule has 0 saturated heterocycles. The Balaban J connectivity index is 0.000000714. The molecule has 0 fully saturated rings. The molecule has 2 atom stereocenters. The number of hydrogen-bond donors (Lipinski definition) is 2. The molecule has 0 bridgehead atoms. The second-order valence-electron chi connectivity index (χ2n) is 7.25. The van der Waals surface area contributed by atoms with E-state index in [1.54, 1.807) is 6.41 Å². The van der Waals surface area contributed by atoms with Crippen molar-refractivity contribution in [2.45, 2.75) is 19.9 Å². The van der Waals surface area contributed by atoms with Crippen molar-refractivity contribution in [1.82, 2.24) is 10.6 Å². The van der Waals surface area contributed by atoms with Gasteiger partial charge in [-0.05, 0) is 67.9 Å². The van der Waals surface area contributed by atoms with Crippen LogP contribution in [0.3, 0.4) is 0 Å². The summed E-state index contributed by atoms with van der Waals surface area (Å²) in [6.07, 6.45) is 4.22. The van der Waals surface area contributed by atoms with Crippen LogP contribution in [0.2, 0.25) is 0 Å². The first-order chi connectivity index (χ1) is 15.6. The number of carbonyl (C=O) groups excluding carboxylic acids is 2. The van der Waals surface area contributed by atoms with E-state index in [0.717, 1.165) is 22.7 Å². The Morgan fingerprint density at radius 2 is 1.21 bits per heavy atom. The molecule has 7 heteroatoms. The molecule has 0 aromatic heterocycles. The van der Waals surface area contributed by atoms with Gasteiger partial charge < -0.3 is 20.2 Å². The Kier molecular flexibility index (Phi) is 10.6. The second kappa shape index (κ2) is 12.9. The molecular formula is C26H26N2O2P2W. The minimum Gasteiger partial charge on any atom is -0.532 e. The van der Waals surface area contributed by atoms with Crippen molar-refractivity contribution in [2.75, 3.05) is 7.05 Å². The van der Waals surface area contributed by atoms with Gasteiger partial charge in [-0.2, -0.15) is 12.8 Å². The summed E-state index contributed by atoms with van der Waals surface area (Å²) in [6, 6.07) is 21.5. The van der Waals surface area contributed by atoms with Crippen molar-refractivity contribution >= 4 is 63.5 Å². The van der Waals surface area contributed by atoms with E-state index < -0.39 is 0 Å². The van der Waals surface area contributed by atoms with Crippen LogP contribution in [0.4, 0.5) is 0 Å². The summed E-state index contributed by atoms with van der Waals surface area (Å²) in [4.78, 5) is 19.6. The van der Waals surface area contributed by atoms with Gasteiger partial charge in [-0.1, -0.05) is 67.6 Å². The average Bonchev–Trinajstić information content (AvgIpc) is 2.82. The molecule has 0 aliphatic heterocycles. The Bertz CT molecular complexity index is 1280. The van der Waals surface area contributed by atoms with E-state index in [1.807, 2.05) is 0 Å². The maximum atomic E-state index is 10.7. The minimum atomic E-state index is 0. The number of aryl methyl sites for hydroxylation is 1. The van der Waals surface area contributed by atoms with Crippen molar-refractivity contribution in [3.63, 3.8) is 0 Å². The fourth-order valence-corrected chi connectivity index (χ4v) is 4.82. The fraction of sp³-hybridized carbons (Fsp3) is 0.154. The molecule has 2 unspecified atom stereocenters. The molecule has 2 amide bonds. The monoisotopic (exact) mass is 644 g/mol. The minimum absolute atomic E-state index is 0. The fourth-order valence-electron chi connectivity index (χ4n) is 4.03. The van der Waals surface area contributed by atoms with Crippen LogP contribution >= 0.6 is 18.5 Å². The van der Waals surface area contributed by atoms with Crippen molar-refractivity contribution in [3.05, 3.63) is 71.8 Å². The summed E-state index contributed by atoms with van der Waals surface area (Å²) >= 11 is 0. The zero-order chi connectivity index (χ0) is 23.1. The largest absolute Gasteiger partial charge is 2.00 e. The van der Waals surface area contributed by atoms with Crippen LogP contribution < -0.4 is 21.2 Å². The summed E-state index contributed by atoms with van der Waals surface area (Å²) in [5.74, 6) is 0. The van der Waals surface area contributed by atoms with Crippen LogP contribution in [0.5, 0.6) is 0 Å². The molecule has 168 valence electrons. The first kappa shape index (κ1) is 27.1. The van der Waals surface area contributed by atoms with Gasteiger partial charge in [0.15, 0.2) is 0 Å². The van der Waals surface area contributed by atoms with E-state index in [4.69, 9.17) is 4.79 Å². The zero-order valence-electron chi connectivity index (χ0n) is 18.6. The van der Waals surface area contributed by atoms with Crippen LogP contribution in [-0.4, -0.2) is 19.9 Å². The molecule has 0 aliphatic rings. The van der Waals surface area contributed by atoms with E-state index in [-0.39, 0.29) is 21.1 Å². The van der Waals surface area contributed by atoms with Crippen LogP contribution in [0.1, 0.15) is 18.1 Å². The summed E-state index contributed by atoms with van der Waals surface area (Å²) in [7, 11) is 7.31. The third-order valence-corrected chi connectivity index (χ3v) is 6.41. The van der Waals surface area contributed by atoms with Crippen molar-refractivity contribution < 1.29 is 30.7 Å². The van der Waals surface area contributed by atoms with Gasteiger partial charge in [0.1, 0.15) is 0 Å². The number of benzene rings is 4. The number of amides is 2. The van der Waals surface area contributed by atoms with Gasteiger partial charge in [-0.3, -0.25) is 0 Å². The molecule has 0 saturated carbocycles. The number of fused-ring (bicyclic) bond motifs is 2. The summed E-state index contributed by atoms with van der Waals surface area (Å²) < 4.78 is 0. The smallest absolute Gasteiger partial charge is 0.532 e. The van der Waals surface area contributed by atoms with Crippen molar-refractivity contribution in [1.29, 1.82) is 0 Å². The predicted molar refractivity (Wildman–Crippen MR) is 142 cm³/mol. The van der Waals surface area contributed by atoms with E-state index in [0.29, 0.717) is 6.54 Å². The topological polar surface area (TPSA) is 58.2 Å². The molecule has 33 heavy (non-hydrogen) atoms. The molecule has 2 N–H and O–H groups in total. The second-order valence-corrected chi connectivity index (χ2v) is 8.49. The first-order valence-corrected chi connectivity index (χ1v) is 11.5. The van der Waals surface area contributed by atoms with Crippen molar-refractivity contribution in [2.24, 2.45) is 0 Å². The van der Waals surface area contributed by atoms with E-state index in [9.17, 15) is 4.79 Å². The number of hydrogen-bond acceptors (Lipinski definition) is 2. The summed E-state index contributed by atoms with van der Waals surface area (Å²) in [5, 5.41) is 12.1. The van der Waals surface area contributed by atoms with Gasteiger partial charge in [0.05, 0.1) is 0 Å². The maximum Gasteiger partial charge on any atom is 2.00 e. The van der Waals surface area contributed by atoms with Gasteiger partial charge in [0, 0.05) is 6.54 Å². The molecule has 4 aromatic rings. The van der Waals surface area contributed by atoms with Gasteiger partial charge in [-0.25, -0.2) is 0 Å². The van der Waals surface area contributed by atoms with E-state index in [1.165, 1.54) is 51.6 Å². The van der Waals surface area contributed by atoms with Crippen molar-refractivity contribution in [3.8, 4) is 11.1 Å². The Morgan fingerprint density at radius 1 is 0.727 bits per heavy atom. The van der Waals surface area contributed by atoms with Crippen LogP contribution in [-0.2, 0) is 43.6 Å². The standard InChI is InChI=1S/C24H22NOP2.C2H4NO.W/c1-2-15-5-3-7-19-17(15)9-11-21(27)23(19)24-20-8-4-6-16(13-25-14-26)18(20)10-12-22(24)28;1-3-2-4;/h3-12H,2,13,27-28H2,1H3,(H,25,26);1H3,(H,3,4);/q2*-1;+2. The first-order valence-electron chi connectivity index (χ1n) is 10.3. The third-order valence-electron chi connectivity index (χ3n) is 5.45. The van der Waals surface area contributed by atoms with Gasteiger partial charge in [0.2, 0.25) is 0 Å². The SMILES string of the molecule is CCc1cccc2c(-c3c(P)ccc4c(CN[C-]=O)cccc34)c(P)ccc12.CN[C-]=O.[W+2]. The Hall–Kier alpha value is -2.11. The van der Waals surface area contributed by atoms with E-state index >= 15 is 0 Å². The van der Waals surface area contributed by atoms with Gasteiger partial charge >= 0.3 is 21.1 Å². The molecule has 4 aromatic carbocycles. The van der Waals surface area contributed by atoms with Crippen LogP contribution in [0.15, 0.2) is 60.7 Å². The Morgan fingerprint density at radius 3 is 1.67 bits per heavy atom. The maximum absolute atomic E-state index is 10.7. The average molecular weight is 644 g/mol. The summed E-state index contributed by atoms with van der Waals surface area (Å²) in [6.45, 7) is 2.67. The quantitative estimate of drug-likeness (QED) is 0.192. The van der Waals surface area contributed by atoms with E-state index in [2.05, 4.69) is 96.7 Å². The molecule has 4 rings (SSSR count). The van der Waals surface area contributed by atoms with Gasteiger partial charge in [-0.15, -0.1) is 18.5 Å². The van der Waals surface area contributed by atoms with Crippen LogP contribution in [0.25, 0.3) is 32.7 Å². The molecule has 4 nitrogen and oxygen atoms in total. The molecule has 0 aliphatic carbocycles. The molecule has 0 spiro atoms. The Labute approximate surface area is 214 Å². The molecule has 0 heterocycles. The third kappa shape index (κ3) is 5.88. The summed E-state index contributed by atoms with van der Waals surface area (Å²) in [5.41, 5.74) is 4.93. The molecule has 0 radical (unpaired) electrons. The number of rotatable bonds is 6. The predicted octanol–water partition coefficient (Wildman–Crippen LogP) is 3.65. The van der Waals surface area contributed by atoms with Gasteiger partial charge in [0.25, 0.3) is 0 Å². The normalized spacial score (nSPS) is 10.1. The zero-order valence-corrected chi connectivity index (χ0v) is 23.8.